The second kappa shape index (κ2) is 5.53. The zero-order valence-electron chi connectivity index (χ0n) is 10.3. The van der Waals surface area contributed by atoms with Crippen molar-refractivity contribution in [1.82, 2.24) is 15.1 Å². The van der Waals surface area contributed by atoms with Gasteiger partial charge in [-0.25, -0.2) is 0 Å². The summed E-state index contributed by atoms with van der Waals surface area (Å²) >= 11 is 0. The van der Waals surface area contributed by atoms with E-state index in [4.69, 9.17) is 0 Å². The molecule has 0 saturated heterocycles. The van der Waals surface area contributed by atoms with E-state index in [1.54, 1.807) is 13.8 Å². The van der Waals surface area contributed by atoms with Gasteiger partial charge in [0.1, 0.15) is 5.69 Å². The van der Waals surface area contributed by atoms with Crippen LogP contribution in [0.1, 0.15) is 44.5 Å². The standard InChI is InChI=1S/C11H18F3N3/c1-4-5-15-6-9-7-16-17(8(2)3)10(9)11(12,13)14/h7-8,15H,4-6H2,1-3H3. The molecule has 3 nitrogen and oxygen atoms in total. The molecule has 0 bridgehead atoms. The fourth-order valence-corrected chi connectivity index (χ4v) is 1.63. The van der Waals surface area contributed by atoms with E-state index in [0.717, 1.165) is 11.1 Å². The number of alkyl halides is 3. The molecular formula is C11H18F3N3. The maximum absolute atomic E-state index is 12.9. The lowest BCUT2D eigenvalue weighted by molar-refractivity contribution is -0.145. The monoisotopic (exact) mass is 249 g/mol. The zero-order valence-corrected chi connectivity index (χ0v) is 10.3. The molecule has 0 radical (unpaired) electrons. The molecule has 6 heteroatoms. The van der Waals surface area contributed by atoms with Crippen molar-refractivity contribution < 1.29 is 13.2 Å². The van der Waals surface area contributed by atoms with Crippen molar-refractivity contribution >= 4 is 0 Å². The molecule has 1 heterocycles. The second-order valence-electron chi connectivity index (χ2n) is 4.23. The average molecular weight is 249 g/mol. The van der Waals surface area contributed by atoms with Crippen molar-refractivity contribution in [2.24, 2.45) is 0 Å². The van der Waals surface area contributed by atoms with Crippen LogP contribution < -0.4 is 5.32 Å². The van der Waals surface area contributed by atoms with E-state index in [1.165, 1.54) is 6.20 Å². The number of aromatic nitrogens is 2. The Morgan fingerprint density at radius 3 is 2.53 bits per heavy atom. The maximum atomic E-state index is 12.9. The molecule has 1 aromatic rings. The summed E-state index contributed by atoms with van der Waals surface area (Å²) in [7, 11) is 0. The third kappa shape index (κ3) is 3.46. The van der Waals surface area contributed by atoms with Gasteiger partial charge in [-0.2, -0.15) is 18.3 Å². The van der Waals surface area contributed by atoms with Gasteiger partial charge in [0.25, 0.3) is 0 Å². The van der Waals surface area contributed by atoms with Crippen LogP contribution in [0.25, 0.3) is 0 Å². The molecule has 0 aromatic carbocycles. The third-order valence-electron chi connectivity index (χ3n) is 2.37. The molecule has 0 unspecified atom stereocenters. The molecule has 1 rings (SSSR count). The summed E-state index contributed by atoms with van der Waals surface area (Å²) in [4.78, 5) is 0. The Morgan fingerprint density at radius 1 is 1.41 bits per heavy atom. The number of hydrogen-bond donors (Lipinski definition) is 1. The SMILES string of the molecule is CCCNCc1cnn(C(C)C)c1C(F)(F)F. The molecule has 0 fully saturated rings. The molecule has 0 spiro atoms. The highest BCUT2D eigenvalue weighted by molar-refractivity contribution is 5.21. The molecule has 0 atom stereocenters. The van der Waals surface area contributed by atoms with Gasteiger partial charge in [0.05, 0.1) is 6.20 Å². The summed E-state index contributed by atoms with van der Waals surface area (Å²) in [5.41, 5.74) is -0.434. The van der Waals surface area contributed by atoms with E-state index in [2.05, 4.69) is 10.4 Å². The molecule has 0 aliphatic heterocycles. The number of hydrogen-bond acceptors (Lipinski definition) is 2. The minimum absolute atomic E-state index is 0.204. The van der Waals surface area contributed by atoms with Gasteiger partial charge in [-0.1, -0.05) is 6.92 Å². The van der Waals surface area contributed by atoms with Crippen molar-refractivity contribution in [3.63, 3.8) is 0 Å². The van der Waals surface area contributed by atoms with E-state index in [9.17, 15) is 13.2 Å². The number of rotatable bonds is 5. The van der Waals surface area contributed by atoms with Crippen LogP contribution in [0.3, 0.4) is 0 Å². The Bertz CT molecular complexity index is 355. The summed E-state index contributed by atoms with van der Waals surface area (Å²) in [6, 6.07) is -0.299. The average Bonchev–Trinajstić information content (AvgIpc) is 2.61. The van der Waals surface area contributed by atoms with Gasteiger partial charge < -0.3 is 5.32 Å². The van der Waals surface area contributed by atoms with Gasteiger partial charge in [0, 0.05) is 18.2 Å². The third-order valence-corrected chi connectivity index (χ3v) is 2.37. The predicted octanol–water partition coefficient (Wildman–Crippen LogP) is 2.98. The van der Waals surface area contributed by atoms with E-state index in [0.29, 0.717) is 6.54 Å². The van der Waals surface area contributed by atoms with Crippen molar-refractivity contribution in [3.8, 4) is 0 Å². The van der Waals surface area contributed by atoms with Gasteiger partial charge in [-0.3, -0.25) is 4.68 Å². The summed E-state index contributed by atoms with van der Waals surface area (Å²) in [5, 5.41) is 6.78. The fourth-order valence-electron chi connectivity index (χ4n) is 1.63. The molecule has 1 aromatic heterocycles. The number of nitrogens with zero attached hydrogens (tertiary/aromatic N) is 2. The Morgan fingerprint density at radius 2 is 2.06 bits per heavy atom. The first-order valence-corrected chi connectivity index (χ1v) is 5.72. The Hall–Kier alpha value is -1.04. The molecule has 0 saturated carbocycles. The zero-order chi connectivity index (χ0) is 13.1. The van der Waals surface area contributed by atoms with Crippen molar-refractivity contribution in [1.29, 1.82) is 0 Å². The predicted molar refractivity (Wildman–Crippen MR) is 59.6 cm³/mol. The molecule has 17 heavy (non-hydrogen) atoms. The van der Waals surface area contributed by atoms with Crippen LogP contribution in [0, 0.1) is 0 Å². The second-order valence-corrected chi connectivity index (χ2v) is 4.23. The smallest absolute Gasteiger partial charge is 0.313 e. The van der Waals surface area contributed by atoms with Gasteiger partial charge >= 0.3 is 6.18 Å². The van der Waals surface area contributed by atoms with E-state index in [-0.39, 0.29) is 18.2 Å². The van der Waals surface area contributed by atoms with E-state index in [1.807, 2.05) is 6.92 Å². The van der Waals surface area contributed by atoms with E-state index < -0.39 is 11.9 Å². The van der Waals surface area contributed by atoms with Crippen LogP contribution in [0.4, 0.5) is 13.2 Å². The highest BCUT2D eigenvalue weighted by Crippen LogP contribution is 2.33. The molecule has 1 N–H and O–H groups in total. The van der Waals surface area contributed by atoms with Crippen LogP contribution >= 0.6 is 0 Å². The fraction of sp³-hybridized carbons (Fsp3) is 0.727. The summed E-state index contributed by atoms with van der Waals surface area (Å²) in [6.07, 6.45) is -2.17. The largest absolute Gasteiger partial charge is 0.433 e. The highest BCUT2D eigenvalue weighted by atomic mass is 19.4. The Labute approximate surface area is 99.0 Å². The van der Waals surface area contributed by atoms with Crippen LogP contribution in [-0.2, 0) is 12.7 Å². The Balaban J connectivity index is 2.97. The van der Waals surface area contributed by atoms with Crippen molar-refractivity contribution in [2.75, 3.05) is 6.54 Å². The van der Waals surface area contributed by atoms with Crippen LogP contribution in [0.5, 0.6) is 0 Å². The first kappa shape index (κ1) is 14.0. The first-order valence-electron chi connectivity index (χ1n) is 5.72. The molecular weight excluding hydrogens is 231 g/mol. The number of nitrogens with one attached hydrogen (secondary N) is 1. The maximum Gasteiger partial charge on any atom is 0.433 e. The van der Waals surface area contributed by atoms with Crippen molar-refractivity contribution in [3.05, 3.63) is 17.5 Å². The molecule has 0 aliphatic carbocycles. The summed E-state index contributed by atoms with van der Waals surface area (Å²) in [6.45, 7) is 6.24. The lowest BCUT2D eigenvalue weighted by atomic mass is 10.2. The summed E-state index contributed by atoms with van der Waals surface area (Å²) in [5.74, 6) is 0. The topological polar surface area (TPSA) is 29.9 Å². The minimum atomic E-state index is -4.36. The first-order chi connectivity index (χ1) is 7.88. The minimum Gasteiger partial charge on any atom is -0.313 e. The van der Waals surface area contributed by atoms with Crippen LogP contribution in [-0.4, -0.2) is 16.3 Å². The van der Waals surface area contributed by atoms with Gasteiger partial charge in [-0.15, -0.1) is 0 Å². The van der Waals surface area contributed by atoms with Gasteiger partial charge in [-0.05, 0) is 26.8 Å². The number of halogens is 3. The van der Waals surface area contributed by atoms with Crippen LogP contribution in [0.2, 0.25) is 0 Å². The van der Waals surface area contributed by atoms with Gasteiger partial charge in [0.15, 0.2) is 0 Å². The molecule has 0 amide bonds. The lowest BCUT2D eigenvalue weighted by Crippen LogP contribution is -2.21. The lowest BCUT2D eigenvalue weighted by Gasteiger charge is -2.15. The highest BCUT2D eigenvalue weighted by Gasteiger charge is 2.38. The van der Waals surface area contributed by atoms with Crippen LogP contribution in [0.15, 0.2) is 6.20 Å². The summed E-state index contributed by atoms with van der Waals surface area (Å²) < 4.78 is 39.8. The normalized spacial score (nSPS) is 12.4. The molecule has 0 aliphatic rings. The Kier molecular flexibility index (Phi) is 4.56. The van der Waals surface area contributed by atoms with E-state index >= 15 is 0 Å². The quantitative estimate of drug-likeness (QED) is 0.813. The van der Waals surface area contributed by atoms with Gasteiger partial charge in [0.2, 0.25) is 0 Å². The van der Waals surface area contributed by atoms with Crippen molar-refractivity contribution in [2.45, 2.75) is 46.0 Å². The molecule has 98 valence electrons.